The number of carbonyl (C=O) groups excluding carboxylic acids is 1. The minimum absolute atomic E-state index is 0.207. The van der Waals surface area contributed by atoms with Crippen molar-refractivity contribution in [3.8, 4) is 11.5 Å². The van der Waals surface area contributed by atoms with Gasteiger partial charge in [-0.25, -0.2) is 9.79 Å². The minimum Gasteiger partial charge on any atom is -0.493 e. The molecule has 0 saturated heterocycles. The summed E-state index contributed by atoms with van der Waals surface area (Å²) < 4.78 is 19.0. The summed E-state index contributed by atoms with van der Waals surface area (Å²) in [5, 5.41) is 1.95. The Hall–Kier alpha value is -2.69. The van der Waals surface area contributed by atoms with Gasteiger partial charge in [0.25, 0.3) is 5.56 Å². The summed E-state index contributed by atoms with van der Waals surface area (Å²) in [4.78, 5) is 32.7. The Morgan fingerprint density at radius 3 is 2.64 bits per heavy atom. The Morgan fingerprint density at radius 2 is 2.00 bits per heavy atom. The standard InChI is InChI=1S/C23H21BrN2O5S2/c1-5-31-22(28)19-12(2)25-23-26(21(27)18(33-23)9-13-7-6-8-32-13)20(19)14-10-16(29-3)17(30-4)11-15(14)24/h6-11,20H,5H2,1-4H3/b18-9-/t20-/m1/s1. The van der Waals surface area contributed by atoms with Crippen molar-refractivity contribution in [2.75, 3.05) is 20.8 Å². The molecule has 0 fully saturated rings. The van der Waals surface area contributed by atoms with Crippen LogP contribution in [0, 0.1) is 0 Å². The molecule has 3 heterocycles. The Morgan fingerprint density at radius 1 is 1.27 bits per heavy atom. The number of benzene rings is 1. The maximum absolute atomic E-state index is 13.6. The van der Waals surface area contributed by atoms with Gasteiger partial charge in [-0.3, -0.25) is 9.36 Å². The Balaban J connectivity index is 2.02. The molecule has 2 aromatic heterocycles. The van der Waals surface area contributed by atoms with Crippen molar-refractivity contribution in [2.45, 2.75) is 19.9 Å². The quantitative estimate of drug-likeness (QED) is 0.439. The van der Waals surface area contributed by atoms with Crippen LogP contribution in [0.5, 0.6) is 11.5 Å². The molecular weight excluding hydrogens is 528 g/mol. The molecule has 33 heavy (non-hydrogen) atoms. The van der Waals surface area contributed by atoms with Gasteiger partial charge in [-0.1, -0.05) is 33.3 Å². The van der Waals surface area contributed by atoms with Crippen molar-refractivity contribution >= 4 is 50.6 Å². The highest BCUT2D eigenvalue weighted by Crippen LogP contribution is 2.40. The number of fused-ring (bicyclic) bond motifs is 1. The van der Waals surface area contributed by atoms with Gasteiger partial charge >= 0.3 is 5.97 Å². The lowest BCUT2D eigenvalue weighted by molar-refractivity contribution is -0.139. The summed E-state index contributed by atoms with van der Waals surface area (Å²) in [5.41, 5.74) is 1.24. The van der Waals surface area contributed by atoms with E-state index in [9.17, 15) is 9.59 Å². The molecule has 0 bridgehead atoms. The second-order valence-corrected chi connectivity index (χ2v) is 9.89. The number of methoxy groups -OCH3 is 2. The topological polar surface area (TPSA) is 79.1 Å². The maximum atomic E-state index is 13.6. The molecular formula is C23H21BrN2O5S2. The molecule has 1 aliphatic rings. The average molecular weight is 549 g/mol. The van der Waals surface area contributed by atoms with E-state index in [1.165, 1.54) is 18.4 Å². The van der Waals surface area contributed by atoms with Crippen molar-refractivity contribution in [1.29, 1.82) is 0 Å². The van der Waals surface area contributed by atoms with E-state index in [1.807, 2.05) is 23.6 Å². The molecule has 4 rings (SSSR count). The molecule has 10 heteroatoms. The number of carbonyl (C=O) groups is 1. The first kappa shape index (κ1) is 23.5. The summed E-state index contributed by atoms with van der Waals surface area (Å²) in [6, 6.07) is 6.65. The number of rotatable bonds is 6. The van der Waals surface area contributed by atoms with E-state index in [0.29, 0.717) is 42.1 Å². The van der Waals surface area contributed by atoms with Crippen LogP contribution in [-0.2, 0) is 9.53 Å². The van der Waals surface area contributed by atoms with Gasteiger partial charge in [0.15, 0.2) is 16.3 Å². The molecule has 1 atom stereocenters. The van der Waals surface area contributed by atoms with Gasteiger partial charge in [-0.05, 0) is 49.1 Å². The van der Waals surface area contributed by atoms with Gasteiger partial charge in [-0.15, -0.1) is 11.3 Å². The largest absolute Gasteiger partial charge is 0.493 e. The number of aromatic nitrogens is 1. The van der Waals surface area contributed by atoms with Crippen molar-refractivity contribution in [2.24, 2.45) is 4.99 Å². The van der Waals surface area contributed by atoms with Gasteiger partial charge in [0.05, 0.1) is 42.7 Å². The second-order valence-electron chi connectivity index (χ2n) is 7.05. The van der Waals surface area contributed by atoms with E-state index >= 15 is 0 Å². The van der Waals surface area contributed by atoms with Crippen molar-refractivity contribution < 1.29 is 19.0 Å². The zero-order valence-electron chi connectivity index (χ0n) is 18.4. The van der Waals surface area contributed by atoms with Gasteiger partial charge in [0.2, 0.25) is 0 Å². The van der Waals surface area contributed by atoms with Crippen molar-refractivity contribution in [3.63, 3.8) is 0 Å². The van der Waals surface area contributed by atoms with Crippen LogP contribution < -0.4 is 24.4 Å². The number of nitrogens with zero attached hydrogens (tertiary/aromatic N) is 2. The van der Waals surface area contributed by atoms with Crippen LogP contribution >= 0.6 is 38.6 Å². The Labute approximate surface area is 206 Å². The van der Waals surface area contributed by atoms with E-state index in [1.54, 1.807) is 49.0 Å². The fourth-order valence-electron chi connectivity index (χ4n) is 3.67. The van der Waals surface area contributed by atoms with Crippen LogP contribution in [-0.4, -0.2) is 31.4 Å². The number of ether oxygens (including phenoxy) is 3. The highest BCUT2D eigenvalue weighted by atomic mass is 79.9. The number of allylic oxidation sites excluding steroid dienone is 1. The Bertz CT molecular complexity index is 1420. The highest BCUT2D eigenvalue weighted by Gasteiger charge is 2.35. The van der Waals surface area contributed by atoms with Gasteiger partial charge < -0.3 is 14.2 Å². The third-order valence-corrected chi connectivity index (χ3v) is 7.62. The van der Waals surface area contributed by atoms with Crippen LogP contribution in [0.1, 0.15) is 30.3 Å². The van der Waals surface area contributed by atoms with E-state index < -0.39 is 12.0 Å². The van der Waals surface area contributed by atoms with Crippen LogP contribution in [0.2, 0.25) is 0 Å². The van der Waals surface area contributed by atoms with Crippen molar-refractivity contribution in [3.05, 3.63) is 75.5 Å². The molecule has 172 valence electrons. The normalized spacial score (nSPS) is 15.8. The van der Waals surface area contributed by atoms with Gasteiger partial charge in [-0.2, -0.15) is 0 Å². The van der Waals surface area contributed by atoms with E-state index in [4.69, 9.17) is 14.2 Å². The van der Waals surface area contributed by atoms with Gasteiger partial charge in [0, 0.05) is 9.35 Å². The van der Waals surface area contributed by atoms with Crippen LogP contribution in [0.3, 0.4) is 0 Å². The number of thiazole rings is 1. The molecule has 0 saturated carbocycles. The van der Waals surface area contributed by atoms with Gasteiger partial charge in [0.1, 0.15) is 0 Å². The summed E-state index contributed by atoms with van der Waals surface area (Å²) in [6.07, 6.45) is 1.85. The SMILES string of the molecule is CCOC(=O)C1=C(C)N=c2s/c(=C\c3cccs3)c(=O)n2[C@@H]1c1cc(OC)c(OC)cc1Br. The minimum atomic E-state index is -0.750. The monoisotopic (exact) mass is 548 g/mol. The predicted molar refractivity (Wildman–Crippen MR) is 132 cm³/mol. The molecule has 3 aromatic rings. The summed E-state index contributed by atoms with van der Waals surface area (Å²) in [7, 11) is 3.08. The fourth-order valence-corrected chi connectivity index (χ4v) is 5.98. The fraction of sp³-hybridized carbons (Fsp3) is 0.261. The lowest BCUT2D eigenvalue weighted by Crippen LogP contribution is -2.40. The average Bonchev–Trinajstić information content (AvgIpc) is 3.41. The Kier molecular flexibility index (Phi) is 6.87. The lowest BCUT2D eigenvalue weighted by Gasteiger charge is -2.26. The molecule has 1 aromatic carbocycles. The first-order valence-electron chi connectivity index (χ1n) is 10.0. The first-order chi connectivity index (χ1) is 15.9. The lowest BCUT2D eigenvalue weighted by atomic mass is 9.95. The van der Waals surface area contributed by atoms with Crippen molar-refractivity contribution in [1.82, 2.24) is 4.57 Å². The maximum Gasteiger partial charge on any atom is 0.338 e. The van der Waals surface area contributed by atoms with E-state index in [2.05, 4.69) is 20.9 Å². The molecule has 7 nitrogen and oxygen atoms in total. The van der Waals surface area contributed by atoms with Crippen LogP contribution in [0.15, 0.2) is 55.2 Å². The first-order valence-corrected chi connectivity index (χ1v) is 12.5. The summed E-state index contributed by atoms with van der Waals surface area (Å²) in [5.74, 6) is 0.490. The number of hydrogen-bond acceptors (Lipinski definition) is 8. The number of esters is 1. The molecule has 1 aliphatic heterocycles. The zero-order chi connectivity index (χ0) is 23.7. The molecule has 0 aliphatic carbocycles. The molecule has 0 amide bonds. The van der Waals surface area contributed by atoms with E-state index in [-0.39, 0.29) is 12.2 Å². The smallest absolute Gasteiger partial charge is 0.338 e. The third kappa shape index (κ3) is 4.30. The third-order valence-electron chi connectivity index (χ3n) is 5.13. The highest BCUT2D eigenvalue weighted by molar-refractivity contribution is 9.10. The predicted octanol–water partition coefficient (Wildman–Crippen LogP) is 3.64. The van der Waals surface area contributed by atoms with Crippen LogP contribution in [0.25, 0.3) is 6.08 Å². The number of hydrogen-bond donors (Lipinski definition) is 0. The number of halogens is 1. The van der Waals surface area contributed by atoms with Crippen LogP contribution in [0.4, 0.5) is 0 Å². The molecule has 0 unspecified atom stereocenters. The molecule has 0 spiro atoms. The summed E-state index contributed by atoms with van der Waals surface area (Å²) >= 11 is 6.43. The summed E-state index contributed by atoms with van der Waals surface area (Å²) in [6.45, 7) is 3.70. The molecule has 0 radical (unpaired) electrons. The zero-order valence-corrected chi connectivity index (χ0v) is 21.6. The molecule has 0 N–H and O–H groups in total. The van der Waals surface area contributed by atoms with E-state index in [0.717, 1.165) is 4.88 Å². The number of thiophene rings is 1. The second kappa shape index (κ2) is 9.66.